The third-order valence-electron chi connectivity index (χ3n) is 2.68. The van der Waals surface area contributed by atoms with Gasteiger partial charge in [-0.25, -0.2) is 9.18 Å². The first-order valence-electron chi connectivity index (χ1n) is 5.80. The average molecular weight is 274 g/mol. The summed E-state index contributed by atoms with van der Waals surface area (Å²) in [4.78, 5) is 21.6. The number of carboxylic acid groups (broad SMARTS) is 1. The van der Waals surface area contributed by atoms with Gasteiger partial charge in [-0.3, -0.25) is 4.79 Å². The van der Waals surface area contributed by atoms with Crippen molar-refractivity contribution < 1.29 is 23.8 Å². The molecule has 0 amide bonds. The van der Waals surface area contributed by atoms with E-state index in [1.807, 2.05) is 30.3 Å². The summed E-state index contributed by atoms with van der Waals surface area (Å²) in [7, 11) is 0. The fraction of sp³-hybridized carbons (Fsp3) is 0.0667. The summed E-state index contributed by atoms with van der Waals surface area (Å²) in [6.07, 6.45) is 0.261. The van der Waals surface area contributed by atoms with Crippen LogP contribution in [-0.4, -0.2) is 17.4 Å². The third-order valence-corrected chi connectivity index (χ3v) is 2.68. The van der Waals surface area contributed by atoms with Crippen molar-refractivity contribution in [3.8, 4) is 5.75 Å². The second-order valence-electron chi connectivity index (χ2n) is 4.07. The Labute approximate surface area is 114 Å². The standard InChI is InChI=1S/C15H11FO4/c16-14-11(8-17)6-12(7-13(14)15(18)19)20-9-10-4-2-1-3-5-10/h1-8H,9H2,(H,18,19). The van der Waals surface area contributed by atoms with E-state index in [1.165, 1.54) is 6.07 Å². The number of carbonyl (C=O) groups is 2. The number of hydrogen-bond donors (Lipinski definition) is 1. The third kappa shape index (κ3) is 3.00. The van der Waals surface area contributed by atoms with Gasteiger partial charge in [0.05, 0.1) is 11.1 Å². The van der Waals surface area contributed by atoms with Crippen LogP contribution < -0.4 is 4.74 Å². The van der Waals surface area contributed by atoms with Crippen LogP contribution in [0.4, 0.5) is 4.39 Å². The Kier molecular flexibility index (Phi) is 4.10. The summed E-state index contributed by atoms with van der Waals surface area (Å²) in [5.41, 5.74) is -0.0491. The molecule has 0 aromatic heterocycles. The molecule has 0 saturated heterocycles. The molecule has 0 saturated carbocycles. The number of ether oxygens (including phenoxy) is 1. The van der Waals surface area contributed by atoms with Crippen molar-refractivity contribution in [2.45, 2.75) is 6.61 Å². The number of carbonyl (C=O) groups excluding carboxylic acids is 1. The van der Waals surface area contributed by atoms with E-state index < -0.39 is 17.3 Å². The summed E-state index contributed by atoms with van der Waals surface area (Å²) < 4.78 is 19.0. The van der Waals surface area contributed by atoms with E-state index in [0.717, 1.165) is 11.6 Å². The largest absolute Gasteiger partial charge is 0.489 e. The molecule has 2 rings (SSSR count). The summed E-state index contributed by atoms with van der Waals surface area (Å²) in [6.45, 7) is 0.198. The van der Waals surface area contributed by atoms with E-state index in [2.05, 4.69) is 0 Å². The highest BCUT2D eigenvalue weighted by molar-refractivity contribution is 5.91. The van der Waals surface area contributed by atoms with E-state index in [-0.39, 0.29) is 24.2 Å². The molecule has 4 nitrogen and oxygen atoms in total. The average Bonchev–Trinajstić information content (AvgIpc) is 2.47. The van der Waals surface area contributed by atoms with Crippen LogP contribution in [-0.2, 0) is 6.61 Å². The van der Waals surface area contributed by atoms with Gasteiger partial charge in [0.15, 0.2) is 6.29 Å². The van der Waals surface area contributed by atoms with Gasteiger partial charge in [0, 0.05) is 0 Å². The first kappa shape index (κ1) is 13.7. The quantitative estimate of drug-likeness (QED) is 0.851. The molecule has 20 heavy (non-hydrogen) atoms. The van der Waals surface area contributed by atoms with Crippen LogP contribution in [0.15, 0.2) is 42.5 Å². The van der Waals surface area contributed by atoms with Gasteiger partial charge in [-0.15, -0.1) is 0 Å². The Morgan fingerprint density at radius 3 is 2.55 bits per heavy atom. The van der Waals surface area contributed by atoms with Gasteiger partial charge in [0.25, 0.3) is 0 Å². The minimum atomic E-state index is -1.45. The maximum atomic E-state index is 13.6. The second-order valence-corrected chi connectivity index (χ2v) is 4.07. The molecule has 0 aliphatic heterocycles. The molecular weight excluding hydrogens is 263 g/mol. The smallest absolute Gasteiger partial charge is 0.338 e. The van der Waals surface area contributed by atoms with Crippen molar-refractivity contribution in [2.75, 3.05) is 0 Å². The van der Waals surface area contributed by atoms with Crippen LogP contribution in [0, 0.1) is 5.82 Å². The molecule has 0 bridgehead atoms. The molecule has 2 aromatic rings. The van der Waals surface area contributed by atoms with Gasteiger partial charge in [-0.2, -0.15) is 0 Å². The first-order valence-corrected chi connectivity index (χ1v) is 5.80. The van der Waals surface area contributed by atoms with Crippen molar-refractivity contribution in [3.63, 3.8) is 0 Å². The van der Waals surface area contributed by atoms with Crippen LogP contribution in [0.2, 0.25) is 0 Å². The molecule has 102 valence electrons. The Morgan fingerprint density at radius 2 is 1.95 bits per heavy atom. The maximum Gasteiger partial charge on any atom is 0.338 e. The molecule has 0 fully saturated rings. The molecule has 5 heteroatoms. The van der Waals surface area contributed by atoms with Crippen LogP contribution in [0.3, 0.4) is 0 Å². The molecule has 0 atom stereocenters. The van der Waals surface area contributed by atoms with E-state index in [4.69, 9.17) is 9.84 Å². The molecule has 0 radical (unpaired) electrons. The predicted molar refractivity (Wildman–Crippen MR) is 69.5 cm³/mol. The molecule has 0 spiro atoms. The first-order chi connectivity index (χ1) is 9.61. The van der Waals surface area contributed by atoms with Crippen LogP contribution in [0.25, 0.3) is 0 Å². The lowest BCUT2D eigenvalue weighted by Gasteiger charge is -2.09. The van der Waals surface area contributed by atoms with Crippen LogP contribution >= 0.6 is 0 Å². The van der Waals surface area contributed by atoms with E-state index in [9.17, 15) is 14.0 Å². The van der Waals surface area contributed by atoms with E-state index in [0.29, 0.717) is 0 Å². The van der Waals surface area contributed by atoms with Crippen molar-refractivity contribution in [2.24, 2.45) is 0 Å². The highest BCUT2D eigenvalue weighted by Gasteiger charge is 2.16. The molecule has 1 N–H and O–H groups in total. The number of carboxylic acids is 1. The van der Waals surface area contributed by atoms with Gasteiger partial charge in [-0.05, 0) is 17.7 Å². The zero-order valence-electron chi connectivity index (χ0n) is 10.4. The zero-order valence-corrected chi connectivity index (χ0v) is 10.4. The normalized spacial score (nSPS) is 10.1. The molecular formula is C15H11FO4. The molecule has 2 aromatic carbocycles. The zero-order chi connectivity index (χ0) is 14.5. The minimum Gasteiger partial charge on any atom is -0.489 e. The fourth-order valence-corrected chi connectivity index (χ4v) is 1.69. The fourth-order valence-electron chi connectivity index (χ4n) is 1.69. The number of benzene rings is 2. The lowest BCUT2D eigenvalue weighted by molar-refractivity contribution is 0.0691. The molecule has 0 aliphatic carbocycles. The summed E-state index contributed by atoms with van der Waals surface area (Å²) >= 11 is 0. The van der Waals surface area contributed by atoms with E-state index in [1.54, 1.807) is 0 Å². The number of rotatable bonds is 5. The van der Waals surface area contributed by atoms with Crippen molar-refractivity contribution >= 4 is 12.3 Å². The van der Waals surface area contributed by atoms with E-state index >= 15 is 0 Å². The molecule has 0 unspecified atom stereocenters. The minimum absolute atomic E-state index is 0.134. The van der Waals surface area contributed by atoms with Gasteiger partial charge in [0.1, 0.15) is 18.2 Å². The molecule has 0 heterocycles. The Hall–Kier alpha value is -2.69. The van der Waals surface area contributed by atoms with Crippen LogP contribution in [0.1, 0.15) is 26.3 Å². The van der Waals surface area contributed by atoms with Gasteiger partial charge < -0.3 is 9.84 Å². The number of aromatic carboxylic acids is 1. The number of hydrogen-bond acceptors (Lipinski definition) is 3. The Balaban J connectivity index is 2.26. The summed E-state index contributed by atoms with van der Waals surface area (Å²) in [6, 6.07) is 11.4. The highest BCUT2D eigenvalue weighted by Crippen LogP contribution is 2.21. The number of halogens is 1. The SMILES string of the molecule is O=Cc1cc(OCc2ccccc2)cc(C(=O)O)c1F. The topological polar surface area (TPSA) is 63.6 Å². The lowest BCUT2D eigenvalue weighted by atomic mass is 10.1. The lowest BCUT2D eigenvalue weighted by Crippen LogP contribution is -2.05. The van der Waals surface area contributed by atoms with Crippen molar-refractivity contribution in [3.05, 3.63) is 65.0 Å². The van der Waals surface area contributed by atoms with Gasteiger partial charge >= 0.3 is 5.97 Å². The van der Waals surface area contributed by atoms with Gasteiger partial charge in [-0.1, -0.05) is 30.3 Å². The molecule has 0 aliphatic rings. The Morgan fingerprint density at radius 1 is 1.25 bits per heavy atom. The van der Waals surface area contributed by atoms with Crippen molar-refractivity contribution in [1.29, 1.82) is 0 Å². The Bertz CT molecular complexity index is 638. The maximum absolute atomic E-state index is 13.6. The van der Waals surface area contributed by atoms with Gasteiger partial charge in [0.2, 0.25) is 0 Å². The van der Waals surface area contributed by atoms with Crippen molar-refractivity contribution in [1.82, 2.24) is 0 Å². The number of aldehydes is 1. The monoisotopic (exact) mass is 274 g/mol. The highest BCUT2D eigenvalue weighted by atomic mass is 19.1. The second kappa shape index (κ2) is 5.97. The predicted octanol–water partition coefficient (Wildman–Crippen LogP) is 2.92. The summed E-state index contributed by atoms with van der Waals surface area (Å²) in [5.74, 6) is -2.37. The summed E-state index contributed by atoms with van der Waals surface area (Å²) in [5, 5.41) is 8.88. The van der Waals surface area contributed by atoms with Crippen LogP contribution in [0.5, 0.6) is 5.75 Å².